The Bertz CT molecular complexity index is 747. The lowest BCUT2D eigenvalue weighted by Crippen LogP contribution is -2.13. The Morgan fingerprint density at radius 3 is 2.80 bits per heavy atom. The average molecular weight is 295 g/mol. The van der Waals surface area contributed by atoms with Crippen LogP contribution >= 0.6 is 0 Å². The molecule has 1 aromatic heterocycles. The quantitative estimate of drug-likeness (QED) is 0.374. The Hall–Kier alpha value is -2.02. The van der Waals surface area contributed by atoms with Gasteiger partial charge in [0.1, 0.15) is 9.84 Å². The van der Waals surface area contributed by atoms with Crippen LogP contribution in [0.4, 0.5) is 0 Å². The summed E-state index contributed by atoms with van der Waals surface area (Å²) < 4.78 is 24.2. The second-order valence-corrected chi connectivity index (χ2v) is 6.98. The van der Waals surface area contributed by atoms with Crippen molar-refractivity contribution in [1.29, 1.82) is 0 Å². The van der Waals surface area contributed by atoms with Gasteiger partial charge in [-0.2, -0.15) is 0 Å². The van der Waals surface area contributed by atoms with Gasteiger partial charge in [0.15, 0.2) is 5.84 Å². The van der Waals surface area contributed by atoms with E-state index in [1.807, 2.05) is 29.0 Å². The van der Waals surface area contributed by atoms with Crippen LogP contribution in [0.15, 0.2) is 35.6 Å². The highest BCUT2D eigenvalue weighted by atomic mass is 32.2. The highest BCUT2D eigenvalue weighted by molar-refractivity contribution is 7.90. The zero-order valence-electron chi connectivity index (χ0n) is 11.2. The van der Waals surface area contributed by atoms with Gasteiger partial charge in [-0.15, -0.1) is 0 Å². The standard InChI is InChI=1S/C13H17N3O3S/c1-20(18,19)9-3-7-16-8-6-10-11(13(14)15-17)4-2-5-12(10)16/h2,4-6,8,17H,3,7,9H2,1H3,(H2,14,15). The Kier molecular flexibility index (Phi) is 3.99. The molecule has 7 heteroatoms. The first-order chi connectivity index (χ1) is 9.42. The lowest BCUT2D eigenvalue weighted by atomic mass is 10.1. The molecule has 0 fully saturated rings. The van der Waals surface area contributed by atoms with Gasteiger partial charge in [-0.25, -0.2) is 8.42 Å². The van der Waals surface area contributed by atoms with E-state index in [4.69, 9.17) is 10.9 Å². The van der Waals surface area contributed by atoms with Crippen molar-refractivity contribution in [1.82, 2.24) is 4.57 Å². The van der Waals surface area contributed by atoms with Crippen molar-refractivity contribution < 1.29 is 13.6 Å². The second kappa shape index (κ2) is 5.54. The van der Waals surface area contributed by atoms with Gasteiger partial charge < -0.3 is 15.5 Å². The summed E-state index contributed by atoms with van der Waals surface area (Å²) in [5, 5.41) is 12.7. The van der Waals surface area contributed by atoms with Gasteiger partial charge in [0.2, 0.25) is 0 Å². The highest BCUT2D eigenvalue weighted by Crippen LogP contribution is 2.20. The molecule has 0 atom stereocenters. The Morgan fingerprint density at radius 2 is 2.15 bits per heavy atom. The maximum Gasteiger partial charge on any atom is 0.170 e. The molecular weight excluding hydrogens is 278 g/mol. The summed E-state index contributed by atoms with van der Waals surface area (Å²) in [6.45, 7) is 0.607. The van der Waals surface area contributed by atoms with E-state index in [1.54, 1.807) is 6.07 Å². The van der Waals surface area contributed by atoms with E-state index >= 15 is 0 Å². The summed E-state index contributed by atoms with van der Waals surface area (Å²) in [6, 6.07) is 7.40. The number of oxime groups is 1. The third-order valence-electron chi connectivity index (χ3n) is 3.11. The van der Waals surface area contributed by atoms with Gasteiger partial charge in [-0.1, -0.05) is 17.3 Å². The Labute approximate surface area is 117 Å². The number of hydrogen-bond donors (Lipinski definition) is 2. The van der Waals surface area contributed by atoms with Crippen LogP contribution in [-0.4, -0.2) is 36.0 Å². The number of aryl methyl sites for hydroxylation is 1. The van der Waals surface area contributed by atoms with E-state index < -0.39 is 9.84 Å². The first-order valence-electron chi connectivity index (χ1n) is 6.16. The molecule has 2 rings (SSSR count). The molecule has 0 amide bonds. The molecule has 3 N–H and O–H groups in total. The molecule has 1 aromatic carbocycles. The first kappa shape index (κ1) is 14.4. The van der Waals surface area contributed by atoms with Crippen LogP contribution in [-0.2, 0) is 16.4 Å². The molecule has 1 heterocycles. The van der Waals surface area contributed by atoms with Crippen LogP contribution in [0, 0.1) is 0 Å². The molecule has 0 saturated carbocycles. The van der Waals surface area contributed by atoms with Crippen LogP contribution in [0.3, 0.4) is 0 Å². The monoisotopic (exact) mass is 295 g/mol. The van der Waals surface area contributed by atoms with Crippen LogP contribution in [0.5, 0.6) is 0 Å². The van der Waals surface area contributed by atoms with Gasteiger partial charge >= 0.3 is 0 Å². The molecule has 0 unspecified atom stereocenters. The zero-order valence-corrected chi connectivity index (χ0v) is 12.0. The number of aromatic nitrogens is 1. The minimum atomic E-state index is -2.94. The highest BCUT2D eigenvalue weighted by Gasteiger charge is 2.09. The maximum absolute atomic E-state index is 11.1. The summed E-state index contributed by atoms with van der Waals surface area (Å²) >= 11 is 0. The number of hydrogen-bond acceptors (Lipinski definition) is 4. The number of amidine groups is 1. The number of fused-ring (bicyclic) bond motifs is 1. The Morgan fingerprint density at radius 1 is 1.40 bits per heavy atom. The molecule has 0 spiro atoms. The minimum absolute atomic E-state index is 0.0597. The average Bonchev–Trinajstić information content (AvgIpc) is 2.80. The summed E-state index contributed by atoms with van der Waals surface area (Å²) in [6.07, 6.45) is 3.66. The van der Waals surface area contributed by atoms with Crippen LogP contribution in [0.1, 0.15) is 12.0 Å². The molecule has 20 heavy (non-hydrogen) atoms. The van der Waals surface area contributed by atoms with E-state index in [1.165, 1.54) is 6.26 Å². The van der Waals surface area contributed by atoms with Crippen LogP contribution < -0.4 is 5.73 Å². The lowest BCUT2D eigenvalue weighted by Gasteiger charge is -2.06. The molecule has 2 aromatic rings. The van der Waals surface area contributed by atoms with Crippen molar-refractivity contribution in [2.45, 2.75) is 13.0 Å². The minimum Gasteiger partial charge on any atom is -0.409 e. The summed E-state index contributed by atoms with van der Waals surface area (Å²) in [5.41, 5.74) is 7.23. The summed E-state index contributed by atoms with van der Waals surface area (Å²) in [5.74, 6) is 0.219. The predicted molar refractivity (Wildman–Crippen MR) is 78.8 cm³/mol. The lowest BCUT2D eigenvalue weighted by molar-refractivity contribution is 0.318. The number of sulfone groups is 1. The molecule has 0 bridgehead atoms. The SMILES string of the molecule is CS(=O)(=O)CCCn1ccc2c(/C(N)=N/O)cccc21. The molecule has 0 aliphatic heterocycles. The van der Waals surface area contributed by atoms with E-state index in [2.05, 4.69) is 5.16 Å². The smallest absolute Gasteiger partial charge is 0.170 e. The molecule has 0 aliphatic carbocycles. The van der Waals surface area contributed by atoms with Crippen molar-refractivity contribution in [2.24, 2.45) is 10.9 Å². The van der Waals surface area contributed by atoms with Crippen molar-refractivity contribution in [3.05, 3.63) is 36.0 Å². The van der Waals surface area contributed by atoms with Crippen molar-refractivity contribution in [2.75, 3.05) is 12.0 Å². The first-order valence-corrected chi connectivity index (χ1v) is 8.22. The third kappa shape index (κ3) is 3.11. The molecule has 0 saturated heterocycles. The summed E-state index contributed by atoms with van der Waals surface area (Å²) in [4.78, 5) is 0. The third-order valence-corrected chi connectivity index (χ3v) is 4.14. The van der Waals surface area contributed by atoms with Gasteiger partial charge in [0, 0.05) is 35.5 Å². The molecule has 6 nitrogen and oxygen atoms in total. The Balaban J connectivity index is 2.29. The summed E-state index contributed by atoms with van der Waals surface area (Å²) in [7, 11) is -2.94. The second-order valence-electron chi connectivity index (χ2n) is 4.72. The largest absolute Gasteiger partial charge is 0.409 e. The molecule has 0 radical (unpaired) electrons. The fraction of sp³-hybridized carbons (Fsp3) is 0.308. The van der Waals surface area contributed by atoms with Gasteiger partial charge in [-0.3, -0.25) is 0 Å². The fourth-order valence-corrected chi connectivity index (χ4v) is 2.85. The normalized spacial score (nSPS) is 12.9. The fourth-order valence-electron chi connectivity index (χ4n) is 2.19. The maximum atomic E-state index is 11.1. The zero-order chi connectivity index (χ0) is 14.8. The van der Waals surface area contributed by atoms with Gasteiger partial charge in [0.25, 0.3) is 0 Å². The van der Waals surface area contributed by atoms with E-state index in [0.29, 0.717) is 18.5 Å². The number of nitrogens with zero attached hydrogens (tertiary/aromatic N) is 2. The van der Waals surface area contributed by atoms with Crippen LogP contribution in [0.25, 0.3) is 10.9 Å². The van der Waals surface area contributed by atoms with Gasteiger partial charge in [0.05, 0.1) is 5.75 Å². The molecular formula is C13H17N3O3S. The van der Waals surface area contributed by atoms with E-state index in [0.717, 1.165) is 10.9 Å². The van der Waals surface area contributed by atoms with Crippen molar-refractivity contribution >= 4 is 26.6 Å². The number of nitrogens with two attached hydrogens (primary N) is 1. The van der Waals surface area contributed by atoms with Crippen LogP contribution in [0.2, 0.25) is 0 Å². The van der Waals surface area contributed by atoms with Crippen molar-refractivity contribution in [3.8, 4) is 0 Å². The van der Waals surface area contributed by atoms with E-state index in [9.17, 15) is 8.42 Å². The molecule has 0 aliphatic rings. The van der Waals surface area contributed by atoms with Crippen molar-refractivity contribution in [3.63, 3.8) is 0 Å². The number of rotatable bonds is 5. The topological polar surface area (TPSA) is 97.7 Å². The van der Waals surface area contributed by atoms with E-state index in [-0.39, 0.29) is 11.6 Å². The molecule has 108 valence electrons. The predicted octanol–water partition coefficient (Wildman–Crippen LogP) is 1.17. The number of benzene rings is 1. The van der Waals surface area contributed by atoms with Gasteiger partial charge in [-0.05, 0) is 18.6 Å².